The van der Waals surface area contributed by atoms with Crippen LogP contribution in [-0.4, -0.2) is 49.5 Å². The van der Waals surface area contributed by atoms with Gasteiger partial charge in [0.25, 0.3) is 0 Å². The number of carbonyl (C=O) groups excluding carboxylic acids is 1. The third kappa shape index (κ3) is 5.52. The van der Waals surface area contributed by atoms with Crippen LogP contribution in [0.2, 0.25) is 0 Å². The van der Waals surface area contributed by atoms with Crippen molar-refractivity contribution < 1.29 is 28.6 Å². The van der Waals surface area contributed by atoms with Crippen LogP contribution >= 0.6 is 19.4 Å². The van der Waals surface area contributed by atoms with E-state index in [9.17, 15) is 14.2 Å². The highest BCUT2D eigenvalue weighted by Gasteiger charge is 2.29. The number of ether oxygens (including phenoxy) is 2. The van der Waals surface area contributed by atoms with E-state index in [0.29, 0.717) is 5.75 Å². The van der Waals surface area contributed by atoms with E-state index in [0.717, 1.165) is 0 Å². The lowest BCUT2D eigenvalue weighted by atomic mass is 10.5. The lowest BCUT2D eigenvalue weighted by Crippen LogP contribution is -2.30. The smallest absolute Gasteiger partial charge is 0.407 e. The number of anilines is 1. The molecule has 0 bridgehead atoms. The lowest BCUT2D eigenvalue weighted by Gasteiger charge is -2.15. The third-order valence-corrected chi connectivity index (χ3v) is 4.34. The molecular formula is C10H15N4O7PS. The fraction of sp³-hybridized carbons (Fsp3) is 0.500. The predicted molar refractivity (Wildman–Crippen MR) is 80.7 cm³/mol. The van der Waals surface area contributed by atoms with Gasteiger partial charge in [0.05, 0.1) is 0 Å². The van der Waals surface area contributed by atoms with E-state index in [-0.39, 0.29) is 12.4 Å². The SMILES string of the molecule is Nc1ccn([C@@H]2CS[C@H](COC(=O)NCP(=O)(O)O)O2)c(=O)n1. The van der Waals surface area contributed by atoms with E-state index in [1.54, 1.807) is 0 Å². The van der Waals surface area contributed by atoms with Crippen molar-refractivity contribution in [2.75, 3.05) is 24.4 Å². The zero-order valence-electron chi connectivity index (χ0n) is 11.7. The molecular weight excluding hydrogens is 351 g/mol. The van der Waals surface area contributed by atoms with Crippen molar-refractivity contribution in [2.45, 2.75) is 11.7 Å². The standard InChI is InChI=1S/C10H15N4O7PS/c11-6-1-2-14(9(15)13-6)7-4-23-8(21-7)3-20-10(16)12-5-22(17,18)19/h1-2,7-8H,3-5H2,(H,12,16)(H2,11,13,15)(H2,17,18,19)/t7-,8+/m0/s1. The number of nitrogen functional groups attached to an aromatic ring is 1. The number of rotatable bonds is 5. The molecule has 0 radical (unpaired) electrons. The van der Waals surface area contributed by atoms with Gasteiger partial charge >= 0.3 is 19.4 Å². The quantitative estimate of drug-likeness (QED) is 0.488. The van der Waals surface area contributed by atoms with Gasteiger partial charge in [-0.05, 0) is 6.07 Å². The Kier molecular flexibility index (Phi) is 5.65. The summed E-state index contributed by atoms with van der Waals surface area (Å²) in [7, 11) is -4.33. The highest BCUT2D eigenvalue weighted by Crippen LogP contribution is 2.32. The zero-order chi connectivity index (χ0) is 17.0. The molecule has 23 heavy (non-hydrogen) atoms. The van der Waals surface area contributed by atoms with Crippen LogP contribution in [0.3, 0.4) is 0 Å². The van der Waals surface area contributed by atoms with E-state index >= 15 is 0 Å². The van der Waals surface area contributed by atoms with Crippen LogP contribution in [-0.2, 0) is 14.0 Å². The monoisotopic (exact) mass is 366 g/mol. The van der Waals surface area contributed by atoms with E-state index in [1.807, 2.05) is 5.32 Å². The maximum atomic E-state index is 11.7. The Bertz CT molecular complexity index is 677. The number of carbonyl (C=O) groups is 1. The van der Waals surface area contributed by atoms with E-state index < -0.39 is 37.3 Å². The Hall–Kier alpha value is -1.59. The average molecular weight is 366 g/mol. The van der Waals surface area contributed by atoms with Gasteiger partial charge in [0.15, 0.2) is 0 Å². The molecule has 0 saturated carbocycles. The molecule has 1 aliphatic heterocycles. The number of nitrogens with one attached hydrogen (secondary N) is 1. The molecule has 128 valence electrons. The van der Waals surface area contributed by atoms with E-state index in [1.165, 1.54) is 28.6 Å². The van der Waals surface area contributed by atoms with Crippen molar-refractivity contribution in [3.8, 4) is 0 Å². The van der Waals surface area contributed by atoms with Crippen molar-refractivity contribution in [2.24, 2.45) is 0 Å². The Morgan fingerprint density at radius 2 is 2.39 bits per heavy atom. The first-order chi connectivity index (χ1) is 10.7. The molecule has 1 fully saturated rings. The molecule has 2 atom stereocenters. The zero-order valence-corrected chi connectivity index (χ0v) is 13.4. The fourth-order valence-electron chi connectivity index (χ4n) is 1.68. The largest absolute Gasteiger partial charge is 0.446 e. The molecule has 0 unspecified atom stereocenters. The minimum atomic E-state index is -4.33. The summed E-state index contributed by atoms with van der Waals surface area (Å²) < 4.78 is 22.2. The van der Waals surface area contributed by atoms with Crippen LogP contribution in [0.15, 0.2) is 17.1 Å². The van der Waals surface area contributed by atoms with Gasteiger partial charge < -0.3 is 30.3 Å². The van der Waals surface area contributed by atoms with E-state index in [4.69, 9.17) is 25.0 Å². The first-order valence-electron chi connectivity index (χ1n) is 6.31. The maximum Gasteiger partial charge on any atom is 0.407 e. The molecule has 2 rings (SSSR count). The number of nitrogens with zero attached hydrogens (tertiary/aromatic N) is 2. The molecule has 5 N–H and O–H groups in total. The summed E-state index contributed by atoms with van der Waals surface area (Å²) in [5.41, 5.74) is 4.35. The molecule has 0 aliphatic carbocycles. The molecule has 1 aromatic rings. The van der Waals surface area contributed by atoms with Crippen molar-refractivity contribution in [3.63, 3.8) is 0 Å². The number of hydrogen-bond acceptors (Lipinski definition) is 8. The lowest BCUT2D eigenvalue weighted by molar-refractivity contribution is -0.0104. The highest BCUT2D eigenvalue weighted by molar-refractivity contribution is 8.00. The minimum Gasteiger partial charge on any atom is -0.446 e. The Morgan fingerprint density at radius 3 is 3.04 bits per heavy atom. The molecule has 1 amide bonds. The molecule has 0 aromatic carbocycles. The summed E-state index contributed by atoms with van der Waals surface area (Å²) in [5.74, 6) is 0.558. The second-order valence-electron chi connectivity index (χ2n) is 4.49. The van der Waals surface area contributed by atoms with Gasteiger partial charge in [-0.3, -0.25) is 9.13 Å². The van der Waals surface area contributed by atoms with Crippen LogP contribution < -0.4 is 16.7 Å². The number of nitrogens with two attached hydrogens (primary N) is 1. The second-order valence-corrected chi connectivity index (χ2v) is 7.33. The van der Waals surface area contributed by atoms with Crippen LogP contribution in [0.5, 0.6) is 0 Å². The van der Waals surface area contributed by atoms with Gasteiger partial charge in [0.1, 0.15) is 30.4 Å². The van der Waals surface area contributed by atoms with Gasteiger partial charge in [0.2, 0.25) is 0 Å². The molecule has 1 saturated heterocycles. The van der Waals surface area contributed by atoms with Crippen molar-refractivity contribution in [1.29, 1.82) is 0 Å². The van der Waals surface area contributed by atoms with Gasteiger partial charge in [-0.1, -0.05) is 0 Å². The fourth-order valence-corrected chi connectivity index (χ4v) is 3.01. The van der Waals surface area contributed by atoms with Crippen LogP contribution in [0, 0.1) is 0 Å². The Morgan fingerprint density at radius 1 is 1.65 bits per heavy atom. The maximum absolute atomic E-state index is 11.7. The van der Waals surface area contributed by atoms with Gasteiger partial charge in [-0.15, -0.1) is 11.8 Å². The first kappa shape index (κ1) is 17.8. The second kappa shape index (κ2) is 7.32. The van der Waals surface area contributed by atoms with Crippen LogP contribution in [0.1, 0.15) is 6.23 Å². The molecule has 1 aromatic heterocycles. The summed E-state index contributed by atoms with van der Waals surface area (Å²) >= 11 is 1.32. The Balaban J connectivity index is 1.80. The summed E-state index contributed by atoms with van der Waals surface area (Å²) in [6, 6.07) is 1.47. The first-order valence-corrected chi connectivity index (χ1v) is 9.16. The number of hydrogen-bond donors (Lipinski definition) is 4. The molecule has 2 heterocycles. The van der Waals surface area contributed by atoms with E-state index in [2.05, 4.69) is 4.98 Å². The molecule has 13 heteroatoms. The highest BCUT2D eigenvalue weighted by atomic mass is 32.2. The normalized spacial score (nSPS) is 21.1. The molecule has 1 aliphatic rings. The number of thioether (sulfide) groups is 1. The predicted octanol–water partition coefficient (Wildman–Crippen LogP) is -0.725. The van der Waals surface area contributed by atoms with Gasteiger partial charge in [-0.2, -0.15) is 4.98 Å². The van der Waals surface area contributed by atoms with Crippen LogP contribution in [0.25, 0.3) is 0 Å². The van der Waals surface area contributed by atoms with Gasteiger partial charge in [0, 0.05) is 11.9 Å². The number of amides is 1. The third-order valence-electron chi connectivity index (χ3n) is 2.68. The molecule has 0 spiro atoms. The van der Waals surface area contributed by atoms with Crippen molar-refractivity contribution in [3.05, 3.63) is 22.7 Å². The topological polar surface area (TPSA) is 166 Å². The van der Waals surface area contributed by atoms with Crippen LogP contribution in [0.4, 0.5) is 10.6 Å². The number of alkyl carbamates (subject to hydrolysis) is 1. The summed E-state index contributed by atoms with van der Waals surface area (Å²) in [5, 5.41) is 1.94. The number of aromatic nitrogens is 2. The average Bonchev–Trinajstić information content (AvgIpc) is 2.91. The minimum absolute atomic E-state index is 0.110. The van der Waals surface area contributed by atoms with Crippen molar-refractivity contribution in [1.82, 2.24) is 14.9 Å². The van der Waals surface area contributed by atoms with Crippen molar-refractivity contribution >= 4 is 31.3 Å². The molecule has 11 nitrogen and oxygen atoms in total. The Labute approximate surface area is 134 Å². The summed E-state index contributed by atoms with van der Waals surface area (Å²) in [6.07, 6.45) is -0.870. The summed E-state index contributed by atoms with van der Waals surface area (Å²) in [4.78, 5) is 43.8. The van der Waals surface area contributed by atoms with Gasteiger partial charge in [-0.25, -0.2) is 9.59 Å². The summed E-state index contributed by atoms with van der Waals surface area (Å²) in [6.45, 7) is -0.134.